The molecule has 35 heavy (non-hydrogen) atoms. The maximum atomic E-state index is 13.4. The Labute approximate surface area is 208 Å². The van der Waals surface area contributed by atoms with E-state index in [4.69, 9.17) is 9.16 Å². The summed E-state index contributed by atoms with van der Waals surface area (Å²) in [5.41, 5.74) is 3.43. The molecule has 1 aromatic heterocycles. The predicted octanol–water partition coefficient (Wildman–Crippen LogP) is 5.38. The van der Waals surface area contributed by atoms with E-state index in [1.54, 1.807) is 4.57 Å². The lowest BCUT2D eigenvalue weighted by Gasteiger charge is -2.45. The molecule has 2 heterocycles. The molecule has 1 aliphatic heterocycles. The summed E-state index contributed by atoms with van der Waals surface area (Å²) in [5, 5.41) is 0.0669. The van der Waals surface area contributed by atoms with Crippen LogP contribution in [-0.4, -0.2) is 37.3 Å². The van der Waals surface area contributed by atoms with E-state index >= 15 is 0 Å². The van der Waals surface area contributed by atoms with Crippen molar-refractivity contribution in [1.82, 2.24) is 4.57 Å². The Kier molecular flexibility index (Phi) is 5.87. The third kappa shape index (κ3) is 3.91. The SMILES string of the molecule is C=C1C[C@H](C(=O)n2cccc2)[C@H]2CC[C@H]3C(=C(CO[Si](C)(C)C(C)(C)C)C[C@H]4C(=O)OC(=O)[C@H]43)[C@@H]12. The van der Waals surface area contributed by atoms with Crippen LogP contribution in [0.3, 0.4) is 0 Å². The second kappa shape index (κ2) is 8.41. The molecule has 7 heteroatoms. The minimum absolute atomic E-state index is 0.0378. The molecule has 0 bridgehead atoms. The summed E-state index contributed by atoms with van der Waals surface area (Å²) in [5.74, 6) is -1.43. The average molecular weight is 496 g/mol. The molecule has 0 amide bonds. The van der Waals surface area contributed by atoms with Crippen LogP contribution in [0.2, 0.25) is 18.1 Å². The van der Waals surface area contributed by atoms with Gasteiger partial charge in [0, 0.05) is 24.2 Å². The first-order chi connectivity index (χ1) is 16.4. The van der Waals surface area contributed by atoms with Gasteiger partial charge in [-0.1, -0.05) is 38.5 Å². The highest BCUT2D eigenvalue weighted by atomic mass is 28.4. The van der Waals surface area contributed by atoms with Crippen LogP contribution in [0.5, 0.6) is 0 Å². The molecule has 188 valence electrons. The van der Waals surface area contributed by atoms with E-state index < -0.39 is 26.1 Å². The van der Waals surface area contributed by atoms with Gasteiger partial charge in [-0.25, -0.2) is 0 Å². The number of rotatable bonds is 4. The van der Waals surface area contributed by atoms with Crippen LogP contribution in [0.15, 0.2) is 47.8 Å². The van der Waals surface area contributed by atoms with Gasteiger partial charge in [-0.15, -0.1) is 0 Å². The molecule has 2 saturated carbocycles. The topological polar surface area (TPSA) is 74.6 Å². The lowest BCUT2D eigenvalue weighted by Crippen LogP contribution is -2.44. The summed E-state index contributed by atoms with van der Waals surface area (Å²) >= 11 is 0. The third-order valence-electron chi connectivity index (χ3n) is 9.52. The number of carbonyl (C=O) groups is 3. The van der Waals surface area contributed by atoms with E-state index in [1.807, 2.05) is 24.5 Å². The van der Waals surface area contributed by atoms with Crippen molar-refractivity contribution in [3.05, 3.63) is 47.8 Å². The number of carbonyl (C=O) groups excluding carboxylic acids is 3. The molecular formula is C28H37NO5Si. The van der Waals surface area contributed by atoms with E-state index in [0.29, 0.717) is 19.4 Å². The second-order valence-corrected chi connectivity index (χ2v) is 17.2. The van der Waals surface area contributed by atoms with E-state index in [9.17, 15) is 14.4 Å². The standard InChI is InChI=1S/C28H37NO5Si/c1-16-13-20(25(30)29-11-7-8-12-29)18-9-10-19-23(22(16)18)17(15-33-35(5,6)28(2,3)4)14-21-24(19)27(32)34-26(21)31/h7-8,11-12,18-22,24H,1,9-10,13-15H2,2-6H3/t18-,19+,20+,21-,22+,24+/m1/s1. The fourth-order valence-electron chi connectivity index (χ4n) is 6.69. The summed E-state index contributed by atoms with van der Waals surface area (Å²) in [7, 11) is -2.03. The normalized spacial score (nSPS) is 32.9. The maximum absolute atomic E-state index is 13.4. The van der Waals surface area contributed by atoms with Gasteiger partial charge in [0.2, 0.25) is 5.91 Å². The molecule has 0 radical (unpaired) electrons. The second-order valence-electron chi connectivity index (χ2n) is 12.4. The van der Waals surface area contributed by atoms with Gasteiger partial charge in [-0.3, -0.25) is 19.0 Å². The summed E-state index contributed by atoms with van der Waals surface area (Å²) in [6.07, 6.45) is 6.42. The van der Waals surface area contributed by atoms with E-state index in [0.717, 1.165) is 24.0 Å². The van der Waals surface area contributed by atoms with E-state index in [2.05, 4.69) is 40.4 Å². The molecule has 0 unspecified atom stereocenters. The van der Waals surface area contributed by atoms with Gasteiger partial charge < -0.3 is 9.16 Å². The van der Waals surface area contributed by atoms with Crippen LogP contribution in [-0.2, 0) is 18.8 Å². The molecule has 1 saturated heterocycles. The lowest BCUT2D eigenvalue weighted by molar-refractivity contribution is -0.154. The van der Waals surface area contributed by atoms with Gasteiger partial charge in [-0.05, 0) is 73.4 Å². The number of hydrogen-bond acceptors (Lipinski definition) is 5. The predicted molar refractivity (Wildman–Crippen MR) is 135 cm³/mol. The van der Waals surface area contributed by atoms with Crippen molar-refractivity contribution >= 4 is 26.2 Å². The fraction of sp³-hybridized carbons (Fsp3) is 0.607. The van der Waals surface area contributed by atoms with Crippen molar-refractivity contribution in [3.63, 3.8) is 0 Å². The first kappa shape index (κ1) is 24.4. The molecule has 3 fully saturated rings. The molecule has 6 nitrogen and oxygen atoms in total. The van der Waals surface area contributed by atoms with Crippen LogP contribution in [0.4, 0.5) is 0 Å². The van der Waals surface area contributed by atoms with Gasteiger partial charge in [0.15, 0.2) is 8.32 Å². The van der Waals surface area contributed by atoms with Crippen LogP contribution in [0, 0.1) is 35.5 Å². The largest absolute Gasteiger partial charge is 0.413 e. The molecule has 0 N–H and O–H groups in total. The highest BCUT2D eigenvalue weighted by molar-refractivity contribution is 6.74. The number of cyclic esters (lactones) is 2. The Bertz CT molecular complexity index is 1110. The summed E-state index contributed by atoms with van der Waals surface area (Å²) in [6.45, 7) is 16.0. The van der Waals surface area contributed by atoms with Gasteiger partial charge in [0.05, 0.1) is 18.4 Å². The van der Waals surface area contributed by atoms with Crippen molar-refractivity contribution in [2.75, 3.05) is 6.61 Å². The zero-order valence-corrected chi connectivity index (χ0v) is 22.5. The Morgan fingerprint density at radius 2 is 1.80 bits per heavy atom. The minimum atomic E-state index is -2.03. The third-order valence-corrected chi connectivity index (χ3v) is 14.0. The molecule has 1 aromatic rings. The number of allylic oxidation sites excluding steroid dienone is 2. The number of nitrogens with zero attached hydrogens (tertiary/aromatic N) is 1. The number of aromatic nitrogens is 1. The van der Waals surface area contributed by atoms with Crippen LogP contribution >= 0.6 is 0 Å². The fourth-order valence-corrected chi connectivity index (χ4v) is 7.66. The zero-order chi connectivity index (χ0) is 25.3. The molecule has 3 aliphatic carbocycles. The summed E-state index contributed by atoms with van der Waals surface area (Å²) in [4.78, 5) is 38.7. The molecule has 6 atom stereocenters. The number of esters is 2. The zero-order valence-electron chi connectivity index (χ0n) is 21.5. The Morgan fingerprint density at radius 1 is 1.11 bits per heavy atom. The Morgan fingerprint density at radius 3 is 2.46 bits per heavy atom. The van der Waals surface area contributed by atoms with Crippen molar-refractivity contribution in [2.24, 2.45) is 35.5 Å². The highest BCUT2D eigenvalue weighted by Gasteiger charge is 2.58. The van der Waals surface area contributed by atoms with Gasteiger partial charge in [-0.2, -0.15) is 0 Å². The van der Waals surface area contributed by atoms with Gasteiger partial charge in [0.1, 0.15) is 0 Å². The average Bonchev–Trinajstić information content (AvgIpc) is 3.50. The molecule has 4 aliphatic rings. The minimum Gasteiger partial charge on any atom is -0.413 e. The molecule has 0 aromatic carbocycles. The monoisotopic (exact) mass is 495 g/mol. The lowest BCUT2D eigenvalue weighted by atomic mass is 9.59. The van der Waals surface area contributed by atoms with Crippen molar-refractivity contribution in [1.29, 1.82) is 0 Å². The van der Waals surface area contributed by atoms with Crippen LogP contribution in [0.1, 0.15) is 51.2 Å². The van der Waals surface area contributed by atoms with Crippen molar-refractivity contribution < 1.29 is 23.5 Å². The van der Waals surface area contributed by atoms with Gasteiger partial charge in [0.25, 0.3) is 0 Å². The molecule has 5 rings (SSSR count). The first-order valence-electron chi connectivity index (χ1n) is 12.9. The van der Waals surface area contributed by atoms with Crippen LogP contribution in [0.25, 0.3) is 0 Å². The smallest absolute Gasteiger partial charge is 0.318 e. The number of ether oxygens (including phenoxy) is 1. The van der Waals surface area contributed by atoms with Crippen LogP contribution < -0.4 is 0 Å². The number of fused-ring (bicyclic) bond motifs is 5. The highest BCUT2D eigenvalue weighted by Crippen LogP contribution is 2.59. The Balaban J connectivity index is 1.53. The van der Waals surface area contributed by atoms with Gasteiger partial charge >= 0.3 is 11.9 Å². The first-order valence-corrected chi connectivity index (χ1v) is 15.8. The Hall–Kier alpha value is -2.25. The maximum Gasteiger partial charge on any atom is 0.318 e. The van der Waals surface area contributed by atoms with Crippen molar-refractivity contribution in [3.8, 4) is 0 Å². The van der Waals surface area contributed by atoms with E-state index in [1.165, 1.54) is 5.57 Å². The van der Waals surface area contributed by atoms with E-state index in [-0.39, 0.29) is 40.6 Å². The quantitative estimate of drug-likeness (QED) is 0.242. The number of hydrogen-bond donors (Lipinski definition) is 0. The molecule has 0 spiro atoms. The summed E-state index contributed by atoms with van der Waals surface area (Å²) < 4.78 is 13.5. The molecular weight excluding hydrogens is 458 g/mol. The van der Waals surface area contributed by atoms with Crippen molar-refractivity contribution in [2.45, 2.75) is 64.6 Å². The summed E-state index contributed by atoms with van der Waals surface area (Å²) in [6, 6.07) is 3.75.